The first-order valence-electron chi connectivity index (χ1n) is 16.0. The van der Waals surface area contributed by atoms with Gasteiger partial charge in [0.05, 0.1) is 11.3 Å². The van der Waals surface area contributed by atoms with Crippen LogP contribution in [0, 0.1) is 23.3 Å². The molecule has 5 rings (SSSR count). The monoisotopic (exact) mass is 770 g/mol. The molecule has 0 saturated heterocycles. The first kappa shape index (κ1) is 35.6. The molecule has 0 unspecified atom stereocenters. The van der Waals surface area contributed by atoms with Crippen LogP contribution in [0.15, 0.2) is 60.6 Å². The van der Waals surface area contributed by atoms with Crippen LogP contribution >= 0.6 is 0 Å². The molecule has 1 aliphatic carbocycles. The van der Waals surface area contributed by atoms with Gasteiger partial charge < -0.3 is 5.11 Å². The number of ketones is 1. The number of benzene rings is 3. The average Bonchev–Trinajstić information content (AvgIpc) is 2.96. The van der Waals surface area contributed by atoms with Crippen molar-refractivity contribution in [2.75, 3.05) is 0 Å². The van der Waals surface area contributed by atoms with Crippen LogP contribution in [-0.2, 0) is 36.7 Å². The van der Waals surface area contributed by atoms with E-state index in [1.165, 1.54) is 38.9 Å². The van der Waals surface area contributed by atoms with Gasteiger partial charge in [-0.1, -0.05) is 103 Å². The number of carbonyl (C=O) groups is 1. The molecule has 0 fully saturated rings. The van der Waals surface area contributed by atoms with Crippen LogP contribution in [0.25, 0.3) is 32.9 Å². The van der Waals surface area contributed by atoms with Crippen molar-refractivity contribution in [1.82, 2.24) is 9.97 Å². The van der Waals surface area contributed by atoms with Crippen molar-refractivity contribution < 1.29 is 30.0 Å². The number of fused-ring (bicyclic) bond motifs is 4. The van der Waals surface area contributed by atoms with Crippen molar-refractivity contribution >= 4 is 27.5 Å². The number of rotatable bonds is 8. The maximum absolute atomic E-state index is 11.7. The largest absolute Gasteiger partial charge is 0.512 e. The van der Waals surface area contributed by atoms with Gasteiger partial charge >= 0.3 is 0 Å². The molecule has 0 spiro atoms. The molecule has 1 radical (unpaired) electrons. The van der Waals surface area contributed by atoms with E-state index in [-0.39, 0.29) is 54.3 Å². The van der Waals surface area contributed by atoms with E-state index in [4.69, 9.17) is 4.98 Å². The van der Waals surface area contributed by atoms with Gasteiger partial charge in [-0.05, 0) is 71.2 Å². The summed E-state index contributed by atoms with van der Waals surface area (Å²) < 4.78 is 0. The maximum atomic E-state index is 11.7. The van der Waals surface area contributed by atoms with Gasteiger partial charge in [-0.25, -0.2) is 4.98 Å². The summed E-state index contributed by atoms with van der Waals surface area (Å²) in [6.07, 6.45) is 7.64. The van der Waals surface area contributed by atoms with Crippen molar-refractivity contribution in [2.45, 2.75) is 99.8 Å². The summed E-state index contributed by atoms with van der Waals surface area (Å²) in [5, 5.41) is 13.5. The Balaban J connectivity index is 0.000000286. The normalized spacial score (nSPS) is 13.8. The van der Waals surface area contributed by atoms with Crippen LogP contribution in [0.2, 0.25) is 0 Å². The standard InChI is InChI=1S/C26H25N2.C13H24O2.Ir/c1-25(2,3)14-16-12-20-22-21(13-16)27-15-28-24(22)19-11-10-17-8-6-7-9-18(17)23(19)26(20,4)5;1-5-10(6-2)12(14)9-13(15)11(7-3)8-4;/h6-10,12-13,15H,14H2,1-5H3;9-11,14H,5-8H2,1-4H3;/q-1;;/b;12-9-;. The minimum atomic E-state index is -0.142. The molecule has 0 amide bonds. The Morgan fingerprint density at radius 3 is 2.23 bits per heavy atom. The molecule has 237 valence electrons. The number of hydrogen-bond acceptors (Lipinski definition) is 4. The zero-order valence-electron chi connectivity index (χ0n) is 28.0. The van der Waals surface area contributed by atoms with E-state index >= 15 is 0 Å². The van der Waals surface area contributed by atoms with Crippen molar-refractivity contribution in [3.05, 3.63) is 83.4 Å². The second-order valence-corrected chi connectivity index (χ2v) is 13.7. The van der Waals surface area contributed by atoms with Crippen LogP contribution < -0.4 is 0 Å². The van der Waals surface area contributed by atoms with Crippen LogP contribution in [-0.4, -0.2) is 20.9 Å². The first-order valence-corrected chi connectivity index (χ1v) is 16.0. The quantitative estimate of drug-likeness (QED) is 0.110. The number of aromatic nitrogens is 2. The molecular formula is C39H49IrN2O2-. The molecule has 1 aliphatic rings. The minimum absolute atomic E-state index is 0. The summed E-state index contributed by atoms with van der Waals surface area (Å²) in [6, 6.07) is 18.9. The van der Waals surface area contributed by atoms with Gasteiger partial charge in [0.25, 0.3) is 0 Å². The summed E-state index contributed by atoms with van der Waals surface area (Å²) in [5.74, 6) is 0.547. The summed E-state index contributed by atoms with van der Waals surface area (Å²) >= 11 is 0. The Morgan fingerprint density at radius 2 is 1.61 bits per heavy atom. The summed E-state index contributed by atoms with van der Waals surface area (Å²) in [7, 11) is 0. The predicted octanol–water partition coefficient (Wildman–Crippen LogP) is 10.3. The Kier molecular flexibility index (Phi) is 11.7. The Hall–Kier alpha value is -2.88. The van der Waals surface area contributed by atoms with E-state index < -0.39 is 0 Å². The third-order valence-electron chi connectivity index (χ3n) is 9.00. The number of aliphatic hydroxyl groups is 1. The third kappa shape index (κ3) is 7.32. The summed E-state index contributed by atoms with van der Waals surface area (Å²) in [5.41, 5.74) is 7.27. The molecule has 0 bridgehead atoms. The van der Waals surface area contributed by atoms with Gasteiger partial charge in [-0.15, -0.1) is 23.3 Å². The van der Waals surface area contributed by atoms with Crippen LogP contribution in [0.5, 0.6) is 0 Å². The number of carbonyl (C=O) groups excluding carboxylic acids is 1. The van der Waals surface area contributed by atoms with E-state index in [1.54, 1.807) is 6.33 Å². The van der Waals surface area contributed by atoms with Crippen molar-refractivity contribution in [1.29, 1.82) is 0 Å². The van der Waals surface area contributed by atoms with E-state index in [0.29, 0.717) is 0 Å². The second-order valence-electron chi connectivity index (χ2n) is 13.7. The van der Waals surface area contributed by atoms with Gasteiger partial charge in [0.2, 0.25) is 0 Å². The minimum Gasteiger partial charge on any atom is -0.512 e. The van der Waals surface area contributed by atoms with E-state index in [2.05, 4.69) is 88.1 Å². The van der Waals surface area contributed by atoms with Gasteiger partial charge in [-0.3, -0.25) is 9.78 Å². The maximum Gasteiger partial charge on any atom is 0.162 e. The zero-order valence-corrected chi connectivity index (χ0v) is 30.4. The second kappa shape index (κ2) is 14.5. The molecule has 44 heavy (non-hydrogen) atoms. The van der Waals surface area contributed by atoms with Crippen molar-refractivity contribution in [3.8, 4) is 11.3 Å². The SMILES string of the molecule is CC(C)(C)Cc1cc2c3c(ncnc3c1)-c1[c-]cc3ccccc3c1C2(C)C.CCC(CC)C(=O)/C=C(\O)C(CC)CC.[Ir]. The van der Waals surface area contributed by atoms with Gasteiger partial charge in [0, 0.05) is 38.0 Å². The molecule has 1 heterocycles. The molecule has 4 nitrogen and oxygen atoms in total. The van der Waals surface area contributed by atoms with Crippen molar-refractivity contribution in [2.24, 2.45) is 17.3 Å². The molecule has 4 aromatic rings. The van der Waals surface area contributed by atoms with Crippen molar-refractivity contribution in [3.63, 3.8) is 0 Å². The topological polar surface area (TPSA) is 63.1 Å². The molecular weight excluding hydrogens is 721 g/mol. The van der Waals surface area contributed by atoms with Gasteiger partial charge in [0.15, 0.2) is 5.78 Å². The third-order valence-corrected chi connectivity index (χ3v) is 9.00. The fourth-order valence-corrected chi connectivity index (χ4v) is 6.60. The fourth-order valence-electron chi connectivity index (χ4n) is 6.60. The van der Waals surface area contributed by atoms with Crippen LogP contribution in [0.3, 0.4) is 0 Å². The molecule has 1 N–H and O–H groups in total. The number of hydrogen-bond donors (Lipinski definition) is 1. The summed E-state index contributed by atoms with van der Waals surface area (Å²) in [6.45, 7) is 19.6. The Bertz CT molecular complexity index is 1640. The Morgan fingerprint density at radius 1 is 0.977 bits per heavy atom. The number of nitrogens with zero attached hydrogens (tertiary/aromatic N) is 2. The van der Waals surface area contributed by atoms with Gasteiger partial charge in [-0.2, -0.15) is 0 Å². The van der Waals surface area contributed by atoms with E-state index in [1.807, 2.05) is 27.7 Å². The molecule has 0 aliphatic heterocycles. The number of aliphatic hydroxyl groups excluding tert-OH is 1. The Labute approximate surface area is 278 Å². The zero-order chi connectivity index (χ0) is 31.5. The van der Waals surface area contributed by atoms with E-state index in [0.717, 1.165) is 48.9 Å². The predicted molar refractivity (Wildman–Crippen MR) is 180 cm³/mol. The van der Waals surface area contributed by atoms with Crippen LogP contribution in [0.1, 0.15) is 105 Å². The molecule has 0 atom stereocenters. The first-order chi connectivity index (χ1) is 20.4. The van der Waals surface area contributed by atoms with E-state index in [9.17, 15) is 9.90 Å². The molecule has 3 aromatic carbocycles. The average molecular weight is 770 g/mol. The molecule has 5 heteroatoms. The fraction of sp³-hybridized carbons (Fsp3) is 0.462. The smallest absolute Gasteiger partial charge is 0.162 e. The van der Waals surface area contributed by atoms with Crippen LogP contribution in [0.4, 0.5) is 0 Å². The number of allylic oxidation sites excluding steroid dienone is 2. The molecule has 1 aromatic heterocycles. The summed E-state index contributed by atoms with van der Waals surface area (Å²) in [4.78, 5) is 21.1. The molecule has 0 saturated carbocycles. The van der Waals surface area contributed by atoms with Gasteiger partial charge in [0.1, 0.15) is 6.33 Å².